The van der Waals surface area contributed by atoms with Gasteiger partial charge in [-0.1, -0.05) is 49.4 Å². The molecule has 4 aromatic carbocycles. The number of rotatable bonds is 9. The minimum Gasteiger partial charge on any atom is -0.455 e. The van der Waals surface area contributed by atoms with E-state index in [2.05, 4.69) is 10.8 Å². The first kappa shape index (κ1) is 26.6. The molecule has 0 amide bonds. The smallest absolute Gasteiger partial charge is 0.455 e. The molecule has 0 heterocycles. The second-order valence-corrected chi connectivity index (χ2v) is 8.38. The molecule has 4 aromatic rings. The van der Waals surface area contributed by atoms with Crippen LogP contribution in [-0.2, 0) is 0 Å². The number of halogens is 4. The number of nitrogens with zero attached hydrogens (tertiary/aromatic N) is 1. The summed E-state index contributed by atoms with van der Waals surface area (Å²) in [4.78, 5) is 0. The van der Waals surface area contributed by atoms with Crippen LogP contribution in [0.3, 0.4) is 0 Å². The van der Waals surface area contributed by atoms with Crippen molar-refractivity contribution in [3.8, 4) is 45.6 Å². The second-order valence-electron chi connectivity index (χ2n) is 8.38. The standard InChI is InChI=1S/C30H23F4NO3/c1-2-3-29(36-25-13-8-22(9-14-25)21-6-4-20(19-35)5-7-21)37-26-15-10-23(11-16-26)24-12-17-28(27(31)18-24)38-30(32,33)34/h4-18,29H,2-3H2,1H3. The molecule has 8 heteroatoms. The molecule has 0 aliphatic heterocycles. The predicted molar refractivity (Wildman–Crippen MR) is 135 cm³/mol. The average Bonchev–Trinajstić information content (AvgIpc) is 2.90. The van der Waals surface area contributed by atoms with Gasteiger partial charge < -0.3 is 14.2 Å². The molecule has 1 atom stereocenters. The zero-order chi connectivity index (χ0) is 27.1. The highest BCUT2D eigenvalue weighted by molar-refractivity contribution is 5.66. The highest BCUT2D eigenvalue weighted by Crippen LogP contribution is 2.31. The van der Waals surface area contributed by atoms with Gasteiger partial charge in [-0.25, -0.2) is 4.39 Å². The quantitative estimate of drug-likeness (QED) is 0.164. The topological polar surface area (TPSA) is 51.5 Å². The van der Waals surface area contributed by atoms with Crippen LogP contribution in [0.2, 0.25) is 0 Å². The van der Waals surface area contributed by atoms with Crippen LogP contribution < -0.4 is 14.2 Å². The van der Waals surface area contributed by atoms with Gasteiger partial charge in [0.2, 0.25) is 6.29 Å². The Hall–Kier alpha value is -4.51. The van der Waals surface area contributed by atoms with Crippen LogP contribution in [0.25, 0.3) is 22.3 Å². The van der Waals surface area contributed by atoms with Crippen molar-refractivity contribution in [1.82, 2.24) is 0 Å². The highest BCUT2D eigenvalue weighted by Gasteiger charge is 2.32. The zero-order valence-corrected chi connectivity index (χ0v) is 20.3. The third-order valence-corrected chi connectivity index (χ3v) is 5.61. The summed E-state index contributed by atoms with van der Waals surface area (Å²) in [5.74, 6) is -0.833. The first-order valence-corrected chi connectivity index (χ1v) is 11.8. The molecule has 0 saturated heterocycles. The van der Waals surface area contributed by atoms with E-state index in [1.165, 1.54) is 6.07 Å². The van der Waals surface area contributed by atoms with E-state index in [-0.39, 0.29) is 0 Å². The summed E-state index contributed by atoms with van der Waals surface area (Å²) >= 11 is 0. The number of ether oxygens (including phenoxy) is 3. The zero-order valence-electron chi connectivity index (χ0n) is 20.3. The average molecular weight is 522 g/mol. The maximum absolute atomic E-state index is 14.1. The van der Waals surface area contributed by atoms with Crippen molar-refractivity contribution in [2.75, 3.05) is 0 Å². The first-order chi connectivity index (χ1) is 18.2. The largest absolute Gasteiger partial charge is 0.573 e. The van der Waals surface area contributed by atoms with Crippen LogP contribution in [0.15, 0.2) is 91.0 Å². The second kappa shape index (κ2) is 11.7. The van der Waals surface area contributed by atoms with E-state index in [0.717, 1.165) is 29.7 Å². The number of hydrogen-bond acceptors (Lipinski definition) is 4. The fourth-order valence-corrected chi connectivity index (χ4v) is 3.76. The van der Waals surface area contributed by atoms with Crippen molar-refractivity contribution < 1.29 is 31.8 Å². The Balaban J connectivity index is 1.41. The maximum Gasteiger partial charge on any atom is 0.573 e. The van der Waals surface area contributed by atoms with Crippen LogP contribution >= 0.6 is 0 Å². The predicted octanol–water partition coefficient (Wildman–Crippen LogP) is 8.51. The Labute approximate surface area is 217 Å². The Bertz CT molecular complexity index is 1390. The summed E-state index contributed by atoms with van der Waals surface area (Å²) < 4.78 is 67.0. The van der Waals surface area contributed by atoms with Crippen LogP contribution in [-0.4, -0.2) is 12.7 Å². The van der Waals surface area contributed by atoms with E-state index in [9.17, 15) is 17.6 Å². The molecule has 0 aliphatic rings. The molecule has 0 bridgehead atoms. The number of nitriles is 1. The summed E-state index contributed by atoms with van der Waals surface area (Å²) in [6, 6.07) is 27.0. The molecule has 38 heavy (non-hydrogen) atoms. The van der Waals surface area contributed by atoms with Gasteiger partial charge in [-0.3, -0.25) is 0 Å². The summed E-state index contributed by atoms with van der Waals surface area (Å²) in [6.45, 7) is 2.01. The van der Waals surface area contributed by atoms with Crippen LogP contribution in [0.5, 0.6) is 17.2 Å². The van der Waals surface area contributed by atoms with Crippen molar-refractivity contribution in [3.63, 3.8) is 0 Å². The van der Waals surface area contributed by atoms with Gasteiger partial charge in [0.1, 0.15) is 11.5 Å². The molecule has 0 fully saturated rings. The van der Waals surface area contributed by atoms with Crippen LogP contribution in [0.4, 0.5) is 17.6 Å². The lowest BCUT2D eigenvalue weighted by molar-refractivity contribution is -0.275. The van der Waals surface area contributed by atoms with Crippen molar-refractivity contribution in [1.29, 1.82) is 5.26 Å². The normalized spacial score (nSPS) is 11.9. The minimum atomic E-state index is -4.97. The molecular weight excluding hydrogens is 498 g/mol. The molecule has 0 spiro atoms. The number of hydrogen-bond donors (Lipinski definition) is 0. The Morgan fingerprint density at radius 3 is 1.66 bits per heavy atom. The van der Waals surface area contributed by atoms with Crippen molar-refractivity contribution in [3.05, 3.63) is 102 Å². The van der Waals surface area contributed by atoms with Crippen LogP contribution in [0.1, 0.15) is 25.3 Å². The van der Waals surface area contributed by atoms with Crippen LogP contribution in [0, 0.1) is 17.1 Å². The monoisotopic (exact) mass is 521 g/mol. The molecule has 0 saturated carbocycles. The lowest BCUT2D eigenvalue weighted by atomic mass is 10.0. The van der Waals surface area contributed by atoms with Gasteiger partial charge in [-0.2, -0.15) is 5.26 Å². The van der Waals surface area contributed by atoms with E-state index in [4.69, 9.17) is 14.7 Å². The van der Waals surface area contributed by atoms with E-state index in [1.54, 1.807) is 36.4 Å². The molecule has 0 aromatic heterocycles. The van der Waals surface area contributed by atoms with Crippen molar-refractivity contribution in [2.24, 2.45) is 0 Å². The van der Waals surface area contributed by atoms with Gasteiger partial charge in [-0.05, 0) is 77.2 Å². The van der Waals surface area contributed by atoms with Gasteiger partial charge >= 0.3 is 6.36 Å². The fourth-order valence-electron chi connectivity index (χ4n) is 3.76. The van der Waals surface area contributed by atoms with Gasteiger partial charge in [0.25, 0.3) is 0 Å². The molecule has 0 aliphatic carbocycles. The summed E-state index contributed by atoms with van der Waals surface area (Å²) in [6.07, 6.45) is -4.07. The van der Waals surface area contributed by atoms with Gasteiger partial charge in [0, 0.05) is 6.42 Å². The van der Waals surface area contributed by atoms with Crippen molar-refractivity contribution in [2.45, 2.75) is 32.4 Å². The van der Waals surface area contributed by atoms with E-state index >= 15 is 0 Å². The first-order valence-electron chi connectivity index (χ1n) is 11.8. The molecule has 0 radical (unpaired) electrons. The molecule has 1 unspecified atom stereocenters. The SMILES string of the molecule is CCCC(Oc1ccc(-c2ccc(C#N)cc2)cc1)Oc1ccc(-c2ccc(OC(F)(F)F)c(F)c2)cc1. The summed E-state index contributed by atoms with van der Waals surface area (Å²) in [5, 5.41) is 8.96. The van der Waals surface area contributed by atoms with Gasteiger partial charge in [0.15, 0.2) is 11.6 Å². The number of benzene rings is 4. The molecule has 4 rings (SSSR count). The Morgan fingerprint density at radius 2 is 1.21 bits per heavy atom. The fraction of sp³-hybridized carbons (Fsp3) is 0.167. The Kier molecular flexibility index (Phi) is 8.17. The van der Waals surface area contributed by atoms with Gasteiger partial charge in [0.05, 0.1) is 11.6 Å². The molecular formula is C30H23F4NO3. The summed E-state index contributed by atoms with van der Waals surface area (Å²) in [5.41, 5.74) is 3.56. The Morgan fingerprint density at radius 1 is 0.737 bits per heavy atom. The lowest BCUT2D eigenvalue weighted by Crippen LogP contribution is -2.23. The molecule has 0 N–H and O–H groups in total. The molecule has 194 valence electrons. The van der Waals surface area contributed by atoms with E-state index in [0.29, 0.717) is 34.6 Å². The third-order valence-electron chi connectivity index (χ3n) is 5.61. The third kappa shape index (κ3) is 7.04. The van der Waals surface area contributed by atoms with E-state index < -0.39 is 24.2 Å². The molecule has 4 nitrogen and oxygen atoms in total. The highest BCUT2D eigenvalue weighted by atomic mass is 19.4. The van der Waals surface area contributed by atoms with Gasteiger partial charge in [-0.15, -0.1) is 13.2 Å². The summed E-state index contributed by atoms with van der Waals surface area (Å²) in [7, 11) is 0. The van der Waals surface area contributed by atoms with E-state index in [1.807, 2.05) is 43.3 Å². The minimum absolute atomic E-state index is 0.396. The lowest BCUT2D eigenvalue weighted by Gasteiger charge is -2.20. The van der Waals surface area contributed by atoms with Crippen molar-refractivity contribution >= 4 is 0 Å². The maximum atomic E-state index is 14.1. The number of alkyl halides is 3.